The first kappa shape index (κ1) is 14.9. The number of hydrazone groups is 1. The van der Waals surface area contributed by atoms with Gasteiger partial charge in [0, 0.05) is 5.69 Å². The van der Waals surface area contributed by atoms with E-state index in [4.69, 9.17) is 12.2 Å². The van der Waals surface area contributed by atoms with Crippen LogP contribution in [0.25, 0.3) is 6.08 Å². The minimum absolute atomic E-state index is 0.466. The van der Waals surface area contributed by atoms with E-state index in [0.717, 1.165) is 17.0 Å². The SMILES string of the molecule is CC(/C=C/c1ccccc1)=N\NC(=S)Nc1ccccc1. The number of anilines is 1. The van der Waals surface area contributed by atoms with E-state index in [-0.39, 0.29) is 0 Å². The molecule has 0 bridgehead atoms. The molecule has 2 rings (SSSR count). The zero-order chi connectivity index (χ0) is 14.9. The van der Waals surface area contributed by atoms with Gasteiger partial charge in [-0.1, -0.05) is 54.6 Å². The fraction of sp³-hybridized carbons (Fsp3) is 0.0588. The molecule has 0 amide bonds. The molecule has 0 unspecified atom stereocenters. The predicted molar refractivity (Wildman–Crippen MR) is 94.4 cm³/mol. The standard InChI is InChI=1S/C17H17N3S/c1-14(12-13-15-8-4-2-5-9-15)19-20-17(21)18-16-10-6-3-7-11-16/h2-13H,1H3,(H2,18,20,21)/b13-12+,19-14+. The lowest BCUT2D eigenvalue weighted by Gasteiger charge is -2.06. The van der Waals surface area contributed by atoms with Crippen LogP contribution >= 0.6 is 12.2 Å². The number of rotatable bonds is 4. The average molecular weight is 295 g/mol. The molecule has 0 aliphatic heterocycles. The quantitative estimate of drug-likeness (QED) is 0.507. The molecule has 21 heavy (non-hydrogen) atoms. The normalized spacial score (nSPS) is 11.4. The van der Waals surface area contributed by atoms with Gasteiger partial charge < -0.3 is 5.32 Å². The molecule has 0 spiro atoms. The number of hydrogen-bond acceptors (Lipinski definition) is 2. The Balaban J connectivity index is 1.85. The van der Waals surface area contributed by atoms with Crippen molar-refractivity contribution in [1.82, 2.24) is 5.43 Å². The Labute approximate surface area is 130 Å². The molecule has 0 aliphatic rings. The van der Waals surface area contributed by atoms with Crippen LogP contribution in [0.4, 0.5) is 5.69 Å². The van der Waals surface area contributed by atoms with Gasteiger partial charge in [0.25, 0.3) is 0 Å². The van der Waals surface area contributed by atoms with Gasteiger partial charge in [0.2, 0.25) is 0 Å². The highest BCUT2D eigenvalue weighted by Gasteiger charge is 1.94. The van der Waals surface area contributed by atoms with E-state index in [2.05, 4.69) is 15.8 Å². The highest BCUT2D eigenvalue weighted by molar-refractivity contribution is 7.80. The topological polar surface area (TPSA) is 36.4 Å². The number of nitrogens with one attached hydrogen (secondary N) is 2. The van der Waals surface area contributed by atoms with Crippen molar-refractivity contribution in [2.45, 2.75) is 6.92 Å². The molecule has 2 aromatic rings. The van der Waals surface area contributed by atoms with Crippen LogP contribution in [-0.4, -0.2) is 10.8 Å². The molecule has 0 saturated heterocycles. The monoisotopic (exact) mass is 295 g/mol. The van der Waals surface area contributed by atoms with Gasteiger partial charge in [-0.05, 0) is 42.9 Å². The van der Waals surface area contributed by atoms with Gasteiger partial charge in [-0.3, -0.25) is 5.43 Å². The third kappa shape index (κ3) is 5.58. The van der Waals surface area contributed by atoms with Crippen LogP contribution in [0.2, 0.25) is 0 Å². The van der Waals surface area contributed by atoms with Crippen molar-refractivity contribution in [2.24, 2.45) is 5.10 Å². The van der Waals surface area contributed by atoms with E-state index in [0.29, 0.717) is 5.11 Å². The first-order chi connectivity index (χ1) is 10.2. The van der Waals surface area contributed by atoms with E-state index < -0.39 is 0 Å². The lowest BCUT2D eigenvalue weighted by atomic mass is 10.2. The van der Waals surface area contributed by atoms with Gasteiger partial charge in [0.1, 0.15) is 0 Å². The Morgan fingerprint density at radius 3 is 2.29 bits per heavy atom. The summed E-state index contributed by atoms with van der Waals surface area (Å²) in [5.41, 5.74) is 5.74. The maximum Gasteiger partial charge on any atom is 0.191 e. The van der Waals surface area contributed by atoms with Crippen molar-refractivity contribution < 1.29 is 0 Å². The van der Waals surface area contributed by atoms with Gasteiger partial charge in [-0.15, -0.1) is 0 Å². The molecule has 2 N–H and O–H groups in total. The van der Waals surface area contributed by atoms with E-state index in [1.165, 1.54) is 0 Å². The molecule has 106 valence electrons. The lowest BCUT2D eigenvalue weighted by molar-refractivity contribution is 1.04. The zero-order valence-electron chi connectivity index (χ0n) is 11.8. The van der Waals surface area contributed by atoms with E-state index in [1.54, 1.807) is 0 Å². The van der Waals surface area contributed by atoms with Gasteiger partial charge >= 0.3 is 0 Å². The molecule has 0 aliphatic carbocycles. The second kappa shape index (κ2) is 7.97. The van der Waals surface area contributed by atoms with Crippen LogP contribution in [0.1, 0.15) is 12.5 Å². The third-order valence-corrected chi connectivity index (χ3v) is 2.88. The minimum atomic E-state index is 0.466. The van der Waals surface area contributed by atoms with Crippen LogP contribution in [0.15, 0.2) is 71.8 Å². The number of para-hydroxylation sites is 1. The van der Waals surface area contributed by atoms with E-state index >= 15 is 0 Å². The number of thiocarbonyl (C=S) groups is 1. The number of nitrogens with zero attached hydrogens (tertiary/aromatic N) is 1. The summed E-state index contributed by atoms with van der Waals surface area (Å²) in [4.78, 5) is 0. The van der Waals surface area contributed by atoms with Crippen molar-refractivity contribution in [3.05, 3.63) is 72.3 Å². The molecule has 0 radical (unpaired) electrons. The summed E-state index contributed by atoms with van der Waals surface area (Å²) in [6.07, 6.45) is 3.95. The Bertz CT molecular complexity index is 634. The summed E-state index contributed by atoms with van der Waals surface area (Å²) in [5.74, 6) is 0. The summed E-state index contributed by atoms with van der Waals surface area (Å²) in [5, 5.41) is 7.74. The average Bonchev–Trinajstić information content (AvgIpc) is 2.53. The van der Waals surface area contributed by atoms with Crippen LogP contribution in [0.5, 0.6) is 0 Å². The van der Waals surface area contributed by atoms with Gasteiger partial charge in [-0.2, -0.15) is 5.10 Å². The van der Waals surface area contributed by atoms with E-state index in [9.17, 15) is 0 Å². The molecule has 3 nitrogen and oxygen atoms in total. The highest BCUT2D eigenvalue weighted by atomic mass is 32.1. The maximum atomic E-state index is 5.18. The summed E-state index contributed by atoms with van der Waals surface area (Å²) in [6.45, 7) is 1.91. The fourth-order valence-electron chi connectivity index (χ4n) is 1.64. The second-order valence-corrected chi connectivity index (χ2v) is 4.84. The van der Waals surface area contributed by atoms with Crippen molar-refractivity contribution in [3.8, 4) is 0 Å². The molecule has 0 atom stereocenters. The van der Waals surface area contributed by atoms with Crippen molar-refractivity contribution in [2.75, 3.05) is 5.32 Å². The summed E-state index contributed by atoms with van der Waals surface area (Å²) >= 11 is 5.18. The molecule has 0 aromatic heterocycles. The Kier molecular flexibility index (Phi) is 5.67. The smallest absolute Gasteiger partial charge is 0.191 e. The predicted octanol–water partition coefficient (Wildman–Crippen LogP) is 4.06. The molecular weight excluding hydrogens is 278 g/mol. The minimum Gasteiger partial charge on any atom is -0.331 e. The van der Waals surface area contributed by atoms with Crippen molar-refractivity contribution in [3.63, 3.8) is 0 Å². The Morgan fingerprint density at radius 1 is 1.00 bits per heavy atom. The zero-order valence-corrected chi connectivity index (χ0v) is 12.6. The fourth-order valence-corrected chi connectivity index (χ4v) is 1.80. The molecule has 0 saturated carbocycles. The van der Waals surface area contributed by atoms with Gasteiger partial charge in [-0.25, -0.2) is 0 Å². The summed E-state index contributed by atoms with van der Waals surface area (Å²) in [7, 11) is 0. The maximum absolute atomic E-state index is 5.18. The lowest BCUT2D eigenvalue weighted by Crippen LogP contribution is -2.24. The Morgan fingerprint density at radius 2 is 1.62 bits per heavy atom. The van der Waals surface area contributed by atoms with Crippen LogP contribution in [-0.2, 0) is 0 Å². The third-order valence-electron chi connectivity index (χ3n) is 2.68. The first-order valence-electron chi connectivity index (χ1n) is 6.63. The first-order valence-corrected chi connectivity index (χ1v) is 7.04. The van der Waals surface area contributed by atoms with Crippen molar-refractivity contribution >= 4 is 34.8 Å². The number of benzene rings is 2. The molecule has 4 heteroatoms. The van der Waals surface area contributed by atoms with Crippen molar-refractivity contribution in [1.29, 1.82) is 0 Å². The van der Waals surface area contributed by atoms with E-state index in [1.807, 2.05) is 79.7 Å². The summed E-state index contributed by atoms with van der Waals surface area (Å²) in [6, 6.07) is 19.8. The number of allylic oxidation sites excluding steroid dienone is 1. The largest absolute Gasteiger partial charge is 0.331 e. The molecule has 0 fully saturated rings. The van der Waals surface area contributed by atoms with Crippen LogP contribution in [0.3, 0.4) is 0 Å². The molecule has 2 aromatic carbocycles. The van der Waals surface area contributed by atoms with Crippen LogP contribution < -0.4 is 10.7 Å². The van der Waals surface area contributed by atoms with Crippen LogP contribution in [0, 0.1) is 0 Å². The Hall–Kier alpha value is -2.46. The molecule has 0 heterocycles. The number of hydrogen-bond donors (Lipinski definition) is 2. The summed E-state index contributed by atoms with van der Waals surface area (Å²) < 4.78 is 0. The highest BCUT2D eigenvalue weighted by Crippen LogP contribution is 2.04. The van der Waals surface area contributed by atoms with Gasteiger partial charge in [0.05, 0.1) is 5.71 Å². The van der Waals surface area contributed by atoms with Gasteiger partial charge in [0.15, 0.2) is 5.11 Å². The second-order valence-electron chi connectivity index (χ2n) is 4.43. The molecular formula is C17H17N3S.